The maximum atomic E-state index is 5.68. The first-order chi connectivity index (χ1) is 11.6. The summed E-state index contributed by atoms with van der Waals surface area (Å²) in [5.74, 6) is 3.20. The molecule has 2 heterocycles. The topological polar surface area (TPSA) is 70.5 Å². The van der Waals surface area contributed by atoms with Gasteiger partial charge in [0.15, 0.2) is 11.5 Å². The maximum Gasteiger partial charge on any atom is 0.277 e. The fourth-order valence-corrected chi connectivity index (χ4v) is 3.53. The highest BCUT2D eigenvalue weighted by Crippen LogP contribution is 2.36. The number of rotatable bonds is 6. The van der Waals surface area contributed by atoms with Crippen LogP contribution in [0.1, 0.15) is 11.3 Å². The first-order valence-corrected chi connectivity index (χ1v) is 8.81. The third-order valence-electron chi connectivity index (χ3n) is 3.40. The lowest BCUT2D eigenvalue weighted by Gasteiger charge is -2.11. The molecule has 8 heteroatoms. The lowest BCUT2D eigenvalue weighted by Crippen LogP contribution is -1.93. The van der Waals surface area contributed by atoms with Gasteiger partial charge in [-0.2, -0.15) is 0 Å². The van der Waals surface area contributed by atoms with E-state index in [0.29, 0.717) is 28.4 Å². The van der Waals surface area contributed by atoms with E-state index in [1.54, 1.807) is 20.5 Å². The molecule has 0 N–H and O–H groups in total. The molecule has 0 saturated carbocycles. The zero-order valence-corrected chi connectivity index (χ0v) is 15.7. The van der Waals surface area contributed by atoms with Crippen molar-refractivity contribution in [2.24, 2.45) is 0 Å². The Hall–Kier alpha value is -1.93. The van der Waals surface area contributed by atoms with Gasteiger partial charge >= 0.3 is 0 Å². The SMILES string of the molecule is COc1cc(Br)c(CSc2nnc(-c3ccoc3C)o2)cc1OC. The minimum Gasteiger partial charge on any atom is -0.493 e. The number of methoxy groups -OCH3 is 2. The van der Waals surface area contributed by atoms with Crippen LogP contribution in [-0.2, 0) is 5.75 Å². The molecule has 1 aromatic carbocycles. The molecular weight excluding hydrogens is 396 g/mol. The molecule has 3 aromatic rings. The average Bonchev–Trinajstić information content (AvgIpc) is 3.21. The Morgan fingerprint density at radius 2 is 1.92 bits per heavy atom. The van der Waals surface area contributed by atoms with Gasteiger partial charge in [0.05, 0.1) is 26.0 Å². The summed E-state index contributed by atoms with van der Waals surface area (Å²) in [5, 5.41) is 8.62. The van der Waals surface area contributed by atoms with E-state index in [0.717, 1.165) is 21.4 Å². The zero-order valence-electron chi connectivity index (χ0n) is 13.3. The number of nitrogens with zero attached hydrogens (tertiary/aromatic N) is 2. The molecule has 6 nitrogen and oxygen atoms in total. The fourth-order valence-electron chi connectivity index (χ4n) is 2.13. The molecule has 2 aromatic heterocycles. The highest BCUT2D eigenvalue weighted by molar-refractivity contribution is 9.10. The third kappa shape index (κ3) is 3.44. The largest absolute Gasteiger partial charge is 0.493 e. The number of hydrogen-bond acceptors (Lipinski definition) is 7. The van der Waals surface area contributed by atoms with E-state index in [1.807, 2.05) is 25.1 Å². The van der Waals surface area contributed by atoms with Crippen molar-refractivity contribution in [3.8, 4) is 23.0 Å². The normalized spacial score (nSPS) is 10.8. The van der Waals surface area contributed by atoms with Gasteiger partial charge < -0.3 is 18.3 Å². The number of aromatic nitrogens is 2. The molecule has 3 rings (SSSR count). The van der Waals surface area contributed by atoms with Gasteiger partial charge in [0.2, 0.25) is 0 Å². The zero-order chi connectivity index (χ0) is 17.1. The van der Waals surface area contributed by atoms with E-state index >= 15 is 0 Å². The van der Waals surface area contributed by atoms with Crippen molar-refractivity contribution < 1.29 is 18.3 Å². The van der Waals surface area contributed by atoms with Crippen molar-refractivity contribution >= 4 is 27.7 Å². The molecule has 0 aliphatic heterocycles. The first kappa shape index (κ1) is 16.9. The van der Waals surface area contributed by atoms with Gasteiger partial charge in [-0.25, -0.2) is 0 Å². The average molecular weight is 411 g/mol. The monoisotopic (exact) mass is 410 g/mol. The van der Waals surface area contributed by atoms with Crippen LogP contribution >= 0.6 is 27.7 Å². The smallest absolute Gasteiger partial charge is 0.277 e. The molecule has 126 valence electrons. The quantitative estimate of drug-likeness (QED) is 0.544. The summed E-state index contributed by atoms with van der Waals surface area (Å²) in [6.45, 7) is 1.85. The highest BCUT2D eigenvalue weighted by Gasteiger charge is 2.15. The summed E-state index contributed by atoms with van der Waals surface area (Å²) in [7, 11) is 3.22. The standard InChI is InChI=1S/C16H15BrN2O4S/c1-9-11(4-5-22-9)15-18-19-16(23-15)24-8-10-6-13(20-2)14(21-3)7-12(10)17/h4-7H,8H2,1-3H3. The van der Waals surface area contributed by atoms with Crippen molar-refractivity contribution in [2.75, 3.05) is 14.2 Å². The van der Waals surface area contributed by atoms with Crippen LogP contribution in [0.5, 0.6) is 11.5 Å². The van der Waals surface area contributed by atoms with E-state index in [2.05, 4.69) is 26.1 Å². The van der Waals surface area contributed by atoms with Gasteiger partial charge in [0.1, 0.15) is 5.76 Å². The third-order valence-corrected chi connectivity index (χ3v) is 5.00. The Bertz CT molecular complexity index is 846. The van der Waals surface area contributed by atoms with Crippen LogP contribution in [0.4, 0.5) is 0 Å². The van der Waals surface area contributed by atoms with Crippen LogP contribution in [0.3, 0.4) is 0 Å². The lowest BCUT2D eigenvalue weighted by molar-refractivity contribution is 0.354. The molecule has 0 saturated heterocycles. The first-order valence-electron chi connectivity index (χ1n) is 7.03. The van der Waals surface area contributed by atoms with Crippen molar-refractivity contribution in [1.82, 2.24) is 10.2 Å². The Morgan fingerprint density at radius 1 is 1.17 bits per heavy atom. The van der Waals surface area contributed by atoms with Gasteiger partial charge in [0, 0.05) is 10.2 Å². The number of ether oxygens (including phenoxy) is 2. The lowest BCUT2D eigenvalue weighted by atomic mass is 10.2. The second-order valence-corrected chi connectivity index (χ2v) is 6.63. The molecule has 0 aliphatic carbocycles. The van der Waals surface area contributed by atoms with Crippen molar-refractivity contribution in [3.05, 3.63) is 40.3 Å². The predicted molar refractivity (Wildman–Crippen MR) is 93.5 cm³/mol. The second-order valence-electron chi connectivity index (χ2n) is 4.85. The molecular formula is C16H15BrN2O4S. The van der Waals surface area contributed by atoms with Gasteiger partial charge in [0.25, 0.3) is 11.1 Å². The molecule has 0 amide bonds. The van der Waals surface area contributed by atoms with E-state index in [4.69, 9.17) is 18.3 Å². The van der Waals surface area contributed by atoms with Crippen molar-refractivity contribution in [1.29, 1.82) is 0 Å². The molecule has 0 fully saturated rings. The van der Waals surface area contributed by atoms with Gasteiger partial charge in [-0.1, -0.05) is 27.7 Å². The van der Waals surface area contributed by atoms with Gasteiger partial charge in [-0.05, 0) is 30.7 Å². The number of hydrogen-bond donors (Lipinski definition) is 0. The molecule has 0 aliphatic rings. The molecule has 0 spiro atoms. The number of benzene rings is 1. The van der Waals surface area contributed by atoms with Crippen LogP contribution in [0.15, 0.2) is 43.0 Å². The maximum absolute atomic E-state index is 5.68. The van der Waals surface area contributed by atoms with Crippen LogP contribution in [0.2, 0.25) is 0 Å². The van der Waals surface area contributed by atoms with Crippen LogP contribution in [-0.4, -0.2) is 24.4 Å². The molecule has 0 radical (unpaired) electrons. The summed E-state index contributed by atoms with van der Waals surface area (Å²) in [6.07, 6.45) is 1.60. The summed E-state index contributed by atoms with van der Waals surface area (Å²) in [4.78, 5) is 0. The minimum absolute atomic E-state index is 0.454. The van der Waals surface area contributed by atoms with Crippen LogP contribution in [0.25, 0.3) is 11.5 Å². The van der Waals surface area contributed by atoms with E-state index in [-0.39, 0.29) is 0 Å². The minimum atomic E-state index is 0.454. The van der Waals surface area contributed by atoms with Gasteiger partial charge in [-0.3, -0.25) is 0 Å². The molecule has 24 heavy (non-hydrogen) atoms. The summed E-state index contributed by atoms with van der Waals surface area (Å²) in [5.41, 5.74) is 1.85. The van der Waals surface area contributed by atoms with Crippen molar-refractivity contribution in [3.63, 3.8) is 0 Å². The molecule has 0 bridgehead atoms. The number of furan rings is 1. The van der Waals surface area contributed by atoms with Crippen LogP contribution < -0.4 is 9.47 Å². The van der Waals surface area contributed by atoms with Crippen molar-refractivity contribution in [2.45, 2.75) is 17.9 Å². The molecule has 0 atom stereocenters. The molecule has 0 unspecified atom stereocenters. The number of halogens is 1. The Kier molecular flexibility index (Phi) is 5.15. The fraction of sp³-hybridized carbons (Fsp3) is 0.250. The second kappa shape index (κ2) is 7.31. The Labute approximate surface area is 151 Å². The summed E-state index contributed by atoms with van der Waals surface area (Å²) < 4.78 is 22.5. The van der Waals surface area contributed by atoms with E-state index < -0.39 is 0 Å². The summed E-state index contributed by atoms with van der Waals surface area (Å²) in [6, 6.07) is 5.61. The predicted octanol–water partition coefficient (Wildman–Crippen LogP) is 4.71. The van der Waals surface area contributed by atoms with Gasteiger partial charge in [-0.15, -0.1) is 10.2 Å². The highest BCUT2D eigenvalue weighted by atomic mass is 79.9. The summed E-state index contributed by atoms with van der Waals surface area (Å²) >= 11 is 4.99. The Balaban J connectivity index is 1.75. The van der Waals surface area contributed by atoms with E-state index in [9.17, 15) is 0 Å². The number of aryl methyl sites for hydroxylation is 1. The Morgan fingerprint density at radius 3 is 2.58 bits per heavy atom. The van der Waals surface area contributed by atoms with Crippen LogP contribution in [0, 0.1) is 6.92 Å². The number of thioether (sulfide) groups is 1. The van der Waals surface area contributed by atoms with E-state index in [1.165, 1.54) is 11.8 Å².